The van der Waals surface area contributed by atoms with Crippen LogP contribution in [0.5, 0.6) is 5.75 Å². The molecular weight excluding hydrogens is 385 g/mol. The van der Waals surface area contributed by atoms with Crippen molar-refractivity contribution in [3.63, 3.8) is 0 Å². The molecule has 0 saturated heterocycles. The average molecular weight is 396 g/mol. The molecule has 0 radical (unpaired) electrons. The van der Waals surface area contributed by atoms with Crippen LogP contribution in [0.2, 0.25) is 5.02 Å². The van der Waals surface area contributed by atoms with E-state index in [1.165, 1.54) is 24.3 Å². The summed E-state index contributed by atoms with van der Waals surface area (Å²) in [6.45, 7) is -0.347. The number of furan rings is 1. The highest BCUT2D eigenvalue weighted by Crippen LogP contribution is 2.27. The van der Waals surface area contributed by atoms with Crippen molar-refractivity contribution < 1.29 is 32.2 Å². The summed E-state index contributed by atoms with van der Waals surface area (Å²) in [5, 5.41) is 11.2. The lowest BCUT2D eigenvalue weighted by Gasteiger charge is -2.12. The second kappa shape index (κ2) is 7.75. The second-order valence-electron chi connectivity index (χ2n) is 5.63. The minimum atomic E-state index is -1.45. The van der Waals surface area contributed by atoms with Gasteiger partial charge in [0, 0.05) is 28.6 Å². The number of rotatable bonds is 6. The molecule has 0 unspecified atom stereocenters. The van der Waals surface area contributed by atoms with Gasteiger partial charge in [-0.25, -0.2) is 13.2 Å². The number of carbonyl (C=O) groups excluding carboxylic acids is 1. The maximum Gasteiger partial charge on any atom is 0.161 e. The molecule has 0 fully saturated rings. The SMILES string of the molecule is O=C([O-])c1ccc(Cc2cc(Cl)ccc2OCc2cc(F)c(F)cc2F)o1. The van der Waals surface area contributed by atoms with Crippen LogP contribution in [0.15, 0.2) is 46.9 Å². The largest absolute Gasteiger partial charge is 0.542 e. The van der Waals surface area contributed by atoms with Gasteiger partial charge < -0.3 is 19.1 Å². The maximum absolute atomic E-state index is 13.7. The third-order valence-corrected chi connectivity index (χ3v) is 3.96. The molecule has 0 aliphatic carbocycles. The molecule has 140 valence electrons. The zero-order valence-corrected chi connectivity index (χ0v) is 14.4. The number of carbonyl (C=O) groups is 1. The number of carboxylic acids is 1. The standard InChI is InChI=1S/C19H12ClF3O4/c20-12-1-3-17(26-9-11-7-15(22)16(23)8-14(11)21)10(5-12)6-13-2-4-18(27-13)19(24)25/h1-5,7-8H,6,9H2,(H,24,25)/p-1. The van der Waals surface area contributed by atoms with Crippen LogP contribution >= 0.6 is 11.6 Å². The summed E-state index contributed by atoms with van der Waals surface area (Å²) < 4.78 is 50.7. The number of hydrogen-bond acceptors (Lipinski definition) is 4. The first kappa shape index (κ1) is 18.8. The summed E-state index contributed by atoms with van der Waals surface area (Å²) in [5.41, 5.74) is 0.372. The third-order valence-electron chi connectivity index (χ3n) is 3.72. The van der Waals surface area contributed by atoms with Gasteiger partial charge in [-0.05, 0) is 36.4 Å². The summed E-state index contributed by atoms with van der Waals surface area (Å²) in [4.78, 5) is 10.8. The Morgan fingerprint density at radius 2 is 1.74 bits per heavy atom. The topological polar surface area (TPSA) is 62.5 Å². The van der Waals surface area contributed by atoms with Crippen molar-refractivity contribution in [1.82, 2.24) is 0 Å². The van der Waals surface area contributed by atoms with Gasteiger partial charge in [0.25, 0.3) is 0 Å². The van der Waals surface area contributed by atoms with Gasteiger partial charge in [0.15, 0.2) is 11.6 Å². The highest BCUT2D eigenvalue weighted by molar-refractivity contribution is 6.30. The Labute approximate surface area is 156 Å². The highest BCUT2D eigenvalue weighted by Gasteiger charge is 2.13. The van der Waals surface area contributed by atoms with Crippen molar-refractivity contribution in [3.05, 3.63) is 87.6 Å². The fourth-order valence-corrected chi connectivity index (χ4v) is 2.62. The van der Waals surface area contributed by atoms with E-state index in [-0.39, 0.29) is 24.4 Å². The van der Waals surface area contributed by atoms with Crippen molar-refractivity contribution in [2.24, 2.45) is 0 Å². The zero-order valence-electron chi connectivity index (χ0n) is 13.6. The Morgan fingerprint density at radius 1 is 1.00 bits per heavy atom. The monoisotopic (exact) mass is 395 g/mol. The van der Waals surface area contributed by atoms with Gasteiger partial charge >= 0.3 is 0 Å². The summed E-state index contributed by atoms with van der Waals surface area (Å²) in [5.74, 6) is -4.55. The van der Waals surface area contributed by atoms with Gasteiger partial charge in [-0.1, -0.05) is 11.6 Å². The highest BCUT2D eigenvalue weighted by atomic mass is 35.5. The fourth-order valence-electron chi connectivity index (χ4n) is 2.43. The Kier molecular flexibility index (Phi) is 5.41. The molecule has 0 N–H and O–H groups in total. The van der Waals surface area contributed by atoms with Crippen molar-refractivity contribution >= 4 is 17.6 Å². The minimum Gasteiger partial charge on any atom is -0.542 e. The molecule has 0 saturated carbocycles. The van der Waals surface area contributed by atoms with Crippen LogP contribution in [-0.2, 0) is 13.0 Å². The van der Waals surface area contributed by atoms with E-state index >= 15 is 0 Å². The van der Waals surface area contributed by atoms with Crippen LogP contribution in [0.1, 0.15) is 27.4 Å². The van der Waals surface area contributed by atoms with E-state index < -0.39 is 23.4 Å². The van der Waals surface area contributed by atoms with Gasteiger partial charge in [-0.2, -0.15) is 0 Å². The number of carboxylic acid groups (broad SMARTS) is 1. The minimum absolute atomic E-state index is 0.142. The molecule has 2 aromatic carbocycles. The molecule has 0 bridgehead atoms. The Bertz CT molecular complexity index is 1000. The van der Waals surface area contributed by atoms with Crippen molar-refractivity contribution in [2.45, 2.75) is 13.0 Å². The third kappa shape index (κ3) is 4.43. The molecule has 27 heavy (non-hydrogen) atoms. The van der Waals surface area contributed by atoms with Crippen LogP contribution in [0.3, 0.4) is 0 Å². The van der Waals surface area contributed by atoms with Crippen LogP contribution < -0.4 is 9.84 Å². The lowest BCUT2D eigenvalue weighted by molar-refractivity contribution is -0.257. The van der Waals surface area contributed by atoms with E-state index in [0.717, 1.165) is 6.07 Å². The number of benzene rings is 2. The molecule has 8 heteroatoms. The number of halogens is 4. The zero-order chi connectivity index (χ0) is 19.6. The Morgan fingerprint density at radius 3 is 2.44 bits per heavy atom. The van der Waals surface area contributed by atoms with Crippen LogP contribution in [0.4, 0.5) is 13.2 Å². The number of aromatic carboxylic acids is 1. The van der Waals surface area contributed by atoms with E-state index in [0.29, 0.717) is 28.2 Å². The number of ether oxygens (including phenoxy) is 1. The van der Waals surface area contributed by atoms with E-state index in [2.05, 4.69) is 0 Å². The molecule has 0 atom stereocenters. The van der Waals surface area contributed by atoms with Gasteiger partial charge in [0.05, 0.1) is 0 Å². The molecule has 4 nitrogen and oxygen atoms in total. The summed E-state index contributed by atoms with van der Waals surface area (Å²) in [7, 11) is 0. The van der Waals surface area contributed by atoms with Crippen LogP contribution in [-0.4, -0.2) is 5.97 Å². The summed E-state index contributed by atoms with van der Waals surface area (Å²) in [6.07, 6.45) is 0.142. The van der Waals surface area contributed by atoms with E-state index in [4.69, 9.17) is 20.8 Å². The molecule has 0 aliphatic heterocycles. The lowest BCUT2D eigenvalue weighted by Crippen LogP contribution is -2.21. The predicted octanol–water partition coefficient (Wildman–Crippen LogP) is 3.88. The van der Waals surface area contributed by atoms with E-state index in [1.54, 1.807) is 6.07 Å². The molecular formula is C19H11ClF3O4-. The van der Waals surface area contributed by atoms with Crippen molar-refractivity contribution in [2.75, 3.05) is 0 Å². The number of hydrogen-bond donors (Lipinski definition) is 0. The van der Waals surface area contributed by atoms with Crippen LogP contribution in [0, 0.1) is 17.5 Å². The van der Waals surface area contributed by atoms with E-state index in [9.17, 15) is 23.1 Å². The second-order valence-corrected chi connectivity index (χ2v) is 6.07. The molecule has 0 aliphatic rings. The van der Waals surface area contributed by atoms with E-state index in [1.807, 2.05) is 0 Å². The smallest absolute Gasteiger partial charge is 0.161 e. The Balaban J connectivity index is 1.81. The van der Waals surface area contributed by atoms with Gasteiger partial charge in [-0.15, -0.1) is 0 Å². The first-order valence-electron chi connectivity index (χ1n) is 7.68. The van der Waals surface area contributed by atoms with Gasteiger partial charge in [0.2, 0.25) is 0 Å². The fraction of sp³-hybridized carbons (Fsp3) is 0.105. The Hall–Kier alpha value is -2.93. The molecule has 1 aromatic heterocycles. The normalized spacial score (nSPS) is 10.8. The molecule has 3 aromatic rings. The lowest BCUT2D eigenvalue weighted by atomic mass is 10.1. The van der Waals surface area contributed by atoms with Crippen molar-refractivity contribution in [3.8, 4) is 5.75 Å². The summed E-state index contributed by atoms with van der Waals surface area (Å²) >= 11 is 5.98. The maximum atomic E-state index is 13.7. The molecule has 0 amide bonds. The first-order chi connectivity index (χ1) is 12.8. The molecule has 3 rings (SSSR count). The quantitative estimate of drug-likeness (QED) is 0.594. The molecule has 1 heterocycles. The van der Waals surface area contributed by atoms with Crippen LogP contribution in [0.25, 0.3) is 0 Å². The van der Waals surface area contributed by atoms with Gasteiger partial charge in [-0.3, -0.25) is 0 Å². The van der Waals surface area contributed by atoms with Crippen molar-refractivity contribution in [1.29, 1.82) is 0 Å². The van der Waals surface area contributed by atoms with Gasteiger partial charge in [0.1, 0.15) is 35.7 Å². The predicted molar refractivity (Wildman–Crippen MR) is 87.9 cm³/mol. The summed E-state index contributed by atoms with van der Waals surface area (Å²) in [6, 6.07) is 8.52. The molecule has 0 spiro atoms. The average Bonchev–Trinajstić information content (AvgIpc) is 3.07. The first-order valence-corrected chi connectivity index (χ1v) is 8.06.